The summed E-state index contributed by atoms with van der Waals surface area (Å²) in [5.41, 5.74) is 0.822. The van der Waals surface area contributed by atoms with E-state index in [0.717, 1.165) is 0 Å². The molecule has 0 N–H and O–H groups in total. The maximum absolute atomic E-state index is 12.9. The Morgan fingerprint density at radius 2 is 1.24 bits per heavy atom. The topological polar surface area (TPSA) is 59.1 Å². The maximum Gasteiger partial charge on any atom is 0.254 e. The Labute approximate surface area is 183 Å². The van der Waals surface area contributed by atoms with Gasteiger partial charge in [0.1, 0.15) is 0 Å². The summed E-state index contributed by atoms with van der Waals surface area (Å²) in [6.45, 7) is 1.58. The zero-order valence-electron chi connectivity index (χ0n) is 15.9. The molecule has 1 aliphatic heterocycles. The van der Waals surface area contributed by atoms with Crippen LogP contribution in [0.1, 0.15) is 20.7 Å². The van der Waals surface area contributed by atoms with Gasteiger partial charge in [0.2, 0.25) is 0 Å². The van der Waals surface area contributed by atoms with Crippen molar-refractivity contribution in [2.75, 3.05) is 40.4 Å². The lowest BCUT2D eigenvalue weighted by Crippen LogP contribution is -2.50. The Kier molecular flexibility index (Phi) is 6.77. The van der Waals surface area contributed by atoms with E-state index in [4.69, 9.17) is 44.3 Å². The van der Waals surface area contributed by atoms with Crippen molar-refractivity contribution in [3.63, 3.8) is 0 Å². The lowest BCUT2D eigenvalue weighted by atomic mass is 10.1. The van der Waals surface area contributed by atoms with Gasteiger partial charge in [0.05, 0.1) is 19.2 Å². The van der Waals surface area contributed by atoms with Crippen LogP contribution < -0.4 is 9.47 Å². The summed E-state index contributed by atoms with van der Waals surface area (Å²) in [7, 11) is 2.96. The molecule has 1 fully saturated rings. The summed E-state index contributed by atoms with van der Waals surface area (Å²) in [5.74, 6) is 0.401. The Bertz CT molecular complexity index is 923. The Morgan fingerprint density at radius 3 is 1.69 bits per heavy atom. The number of hydrogen-bond acceptors (Lipinski definition) is 4. The molecule has 3 rings (SSSR count). The molecule has 0 radical (unpaired) electrons. The normalized spacial score (nSPS) is 14.0. The average molecular weight is 458 g/mol. The highest BCUT2D eigenvalue weighted by Gasteiger charge is 2.27. The third-order valence-corrected chi connectivity index (χ3v) is 5.36. The minimum atomic E-state index is -0.189. The quantitative estimate of drug-likeness (QED) is 0.688. The molecule has 154 valence electrons. The predicted octanol–water partition coefficient (Wildman–Crippen LogP) is 4.26. The number of rotatable bonds is 4. The number of amides is 2. The van der Waals surface area contributed by atoms with Gasteiger partial charge in [-0.1, -0.05) is 34.8 Å². The summed E-state index contributed by atoms with van der Waals surface area (Å²) in [6, 6.07) is 7.89. The van der Waals surface area contributed by atoms with E-state index in [1.54, 1.807) is 40.1 Å². The highest BCUT2D eigenvalue weighted by atomic mass is 35.5. The molecule has 29 heavy (non-hydrogen) atoms. The van der Waals surface area contributed by atoms with E-state index in [1.807, 2.05) is 0 Å². The van der Waals surface area contributed by atoms with Crippen LogP contribution in [0.3, 0.4) is 0 Å². The number of ether oxygens (including phenoxy) is 2. The molecule has 2 amide bonds. The minimum Gasteiger partial charge on any atom is -0.493 e. The van der Waals surface area contributed by atoms with Crippen LogP contribution in [0.4, 0.5) is 0 Å². The standard InChI is InChI=1S/C20H19Cl3N2O4/c1-28-17-10-13(9-16(23)18(17)29-2)20(27)25-5-3-24(4-6-25)19(26)12-7-14(21)11-15(22)8-12/h7-11H,3-6H2,1-2H3. The van der Waals surface area contributed by atoms with Crippen molar-refractivity contribution in [1.29, 1.82) is 0 Å². The van der Waals surface area contributed by atoms with Crippen molar-refractivity contribution in [3.8, 4) is 11.5 Å². The lowest BCUT2D eigenvalue weighted by molar-refractivity contribution is 0.0535. The van der Waals surface area contributed by atoms with Crippen molar-refractivity contribution < 1.29 is 19.1 Å². The zero-order valence-corrected chi connectivity index (χ0v) is 18.1. The number of nitrogens with zero attached hydrogens (tertiary/aromatic N) is 2. The van der Waals surface area contributed by atoms with E-state index in [2.05, 4.69) is 0 Å². The van der Waals surface area contributed by atoms with Gasteiger partial charge in [-0.3, -0.25) is 9.59 Å². The number of methoxy groups -OCH3 is 2. The molecular formula is C20H19Cl3N2O4. The van der Waals surface area contributed by atoms with Crippen LogP contribution in [-0.4, -0.2) is 62.0 Å². The molecule has 2 aromatic rings. The number of hydrogen-bond donors (Lipinski definition) is 0. The second kappa shape index (κ2) is 9.11. The van der Waals surface area contributed by atoms with Gasteiger partial charge < -0.3 is 19.3 Å². The molecule has 2 aromatic carbocycles. The molecule has 0 unspecified atom stereocenters. The monoisotopic (exact) mass is 456 g/mol. The smallest absolute Gasteiger partial charge is 0.254 e. The van der Waals surface area contributed by atoms with Crippen molar-refractivity contribution in [2.24, 2.45) is 0 Å². The maximum atomic E-state index is 12.9. The predicted molar refractivity (Wildman–Crippen MR) is 113 cm³/mol. The van der Waals surface area contributed by atoms with Gasteiger partial charge in [0, 0.05) is 47.4 Å². The molecule has 0 spiro atoms. The van der Waals surface area contributed by atoms with E-state index in [1.165, 1.54) is 14.2 Å². The fourth-order valence-electron chi connectivity index (χ4n) is 3.20. The SMILES string of the molecule is COc1cc(C(=O)N2CCN(C(=O)c3cc(Cl)cc(Cl)c3)CC2)cc(Cl)c1OC. The molecule has 0 atom stereocenters. The molecule has 9 heteroatoms. The fourth-order valence-corrected chi connectivity index (χ4v) is 4.01. The van der Waals surface area contributed by atoms with Crippen molar-refractivity contribution in [2.45, 2.75) is 0 Å². The lowest BCUT2D eigenvalue weighted by Gasteiger charge is -2.35. The van der Waals surface area contributed by atoms with Crippen molar-refractivity contribution in [1.82, 2.24) is 9.80 Å². The van der Waals surface area contributed by atoms with E-state index >= 15 is 0 Å². The van der Waals surface area contributed by atoms with Crippen molar-refractivity contribution in [3.05, 3.63) is 56.5 Å². The summed E-state index contributed by atoms with van der Waals surface area (Å²) >= 11 is 18.2. The van der Waals surface area contributed by atoms with Gasteiger partial charge >= 0.3 is 0 Å². The highest BCUT2D eigenvalue weighted by Crippen LogP contribution is 2.36. The third kappa shape index (κ3) is 4.71. The van der Waals surface area contributed by atoms with E-state index in [-0.39, 0.29) is 11.8 Å². The zero-order chi connectivity index (χ0) is 21.1. The number of piperazine rings is 1. The fraction of sp³-hybridized carbons (Fsp3) is 0.300. The molecular weight excluding hydrogens is 439 g/mol. The van der Waals surface area contributed by atoms with Gasteiger partial charge in [-0.05, 0) is 30.3 Å². The van der Waals surface area contributed by atoms with Crippen molar-refractivity contribution >= 4 is 46.6 Å². The first-order chi connectivity index (χ1) is 13.8. The van der Waals surface area contributed by atoms with Gasteiger partial charge in [-0.15, -0.1) is 0 Å². The van der Waals surface area contributed by atoms with Crippen LogP contribution in [0.25, 0.3) is 0 Å². The first kappa shape index (κ1) is 21.6. The Hall–Kier alpha value is -2.15. The molecule has 1 aliphatic rings. The van der Waals surface area contributed by atoms with Gasteiger partial charge in [-0.2, -0.15) is 0 Å². The number of benzene rings is 2. The molecule has 0 aromatic heterocycles. The van der Waals surface area contributed by atoms with Gasteiger partial charge in [0.15, 0.2) is 11.5 Å². The summed E-state index contributed by atoms with van der Waals surface area (Å²) in [4.78, 5) is 28.9. The summed E-state index contributed by atoms with van der Waals surface area (Å²) in [6.07, 6.45) is 0. The van der Waals surface area contributed by atoms with E-state index < -0.39 is 0 Å². The molecule has 0 saturated carbocycles. The van der Waals surface area contributed by atoms with Crippen LogP contribution >= 0.6 is 34.8 Å². The summed E-state index contributed by atoms with van der Waals surface area (Å²) in [5, 5.41) is 1.10. The van der Waals surface area contributed by atoms with Gasteiger partial charge in [-0.25, -0.2) is 0 Å². The largest absolute Gasteiger partial charge is 0.493 e. The van der Waals surface area contributed by atoms with Crippen LogP contribution in [-0.2, 0) is 0 Å². The molecule has 1 saturated heterocycles. The second-order valence-corrected chi connectivity index (χ2v) is 7.72. The molecule has 6 nitrogen and oxygen atoms in total. The van der Waals surface area contributed by atoms with Gasteiger partial charge in [0.25, 0.3) is 11.8 Å². The van der Waals surface area contributed by atoms with Crippen LogP contribution in [0, 0.1) is 0 Å². The molecule has 0 aliphatic carbocycles. The highest BCUT2D eigenvalue weighted by molar-refractivity contribution is 6.35. The van der Waals surface area contributed by atoms with Crippen LogP contribution in [0.2, 0.25) is 15.1 Å². The molecule has 0 bridgehead atoms. The van der Waals surface area contributed by atoms with Crippen LogP contribution in [0.5, 0.6) is 11.5 Å². The average Bonchev–Trinajstić information content (AvgIpc) is 2.71. The summed E-state index contributed by atoms with van der Waals surface area (Å²) < 4.78 is 10.5. The Balaban J connectivity index is 1.70. The number of halogens is 3. The van der Waals surface area contributed by atoms with E-state index in [9.17, 15) is 9.59 Å². The third-order valence-electron chi connectivity index (χ3n) is 4.64. The first-order valence-corrected chi connectivity index (χ1v) is 9.93. The first-order valence-electron chi connectivity index (χ1n) is 8.80. The van der Waals surface area contributed by atoms with Crippen LogP contribution in [0.15, 0.2) is 30.3 Å². The number of carbonyl (C=O) groups excluding carboxylic acids is 2. The number of carbonyl (C=O) groups is 2. The second-order valence-electron chi connectivity index (χ2n) is 6.44. The molecule has 1 heterocycles. The Morgan fingerprint density at radius 1 is 0.759 bits per heavy atom. The van der Waals surface area contributed by atoms with E-state index in [0.29, 0.717) is 63.9 Å². The minimum absolute atomic E-state index is 0.171.